The third-order valence-electron chi connectivity index (χ3n) is 8.78. The van der Waals surface area contributed by atoms with Crippen molar-refractivity contribution in [3.8, 4) is 11.5 Å². The number of ether oxygens (including phenoxy) is 1. The molecule has 4 nitrogen and oxygen atoms in total. The van der Waals surface area contributed by atoms with Gasteiger partial charge in [0, 0.05) is 24.3 Å². The zero-order valence-electron chi connectivity index (χ0n) is 15.9. The summed E-state index contributed by atoms with van der Waals surface area (Å²) in [6.45, 7) is 4.59. The van der Waals surface area contributed by atoms with E-state index >= 15 is 0 Å². The van der Waals surface area contributed by atoms with Gasteiger partial charge >= 0.3 is 0 Å². The minimum absolute atomic E-state index is 0.000718. The number of likely N-dealkylation sites (tertiary alicyclic amines) is 1. The lowest BCUT2D eigenvalue weighted by Gasteiger charge is -2.65. The average Bonchev–Trinajstić information content (AvgIpc) is 3.32. The number of aliphatic hydroxyl groups is 1. The normalized spacial score (nSPS) is 48.0. The lowest BCUT2D eigenvalue weighted by Crippen LogP contribution is -2.80. The summed E-state index contributed by atoms with van der Waals surface area (Å²) in [6.07, 6.45) is 6.48. The van der Waals surface area contributed by atoms with Crippen LogP contribution in [0.1, 0.15) is 50.2 Å². The van der Waals surface area contributed by atoms with Gasteiger partial charge in [-0.25, -0.2) is 0 Å². The molecule has 140 valence electrons. The Bertz CT molecular complexity index is 805. The van der Waals surface area contributed by atoms with E-state index in [1.54, 1.807) is 6.07 Å². The Balaban J connectivity index is 1.59. The average molecular weight is 356 g/mol. The Labute approximate surface area is 155 Å². The number of hydrogen-bond acceptors (Lipinski definition) is 3. The fraction of sp³-hybridized carbons (Fsp3) is 0.727. The van der Waals surface area contributed by atoms with E-state index in [0.29, 0.717) is 11.7 Å². The number of phenols is 1. The van der Waals surface area contributed by atoms with Gasteiger partial charge in [0.25, 0.3) is 0 Å². The van der Waals surface area contributed by atoms with E-state index in [-0.39, 0.29) is 23.3 Å². The highest BCUT2D eigenvalue weighted by Gasteiger charge is 2.75. The summed E-state index contributed by atoms with van der Waals surface area (Å²) in [4.78, 5) is 0. The summed E-state index contributed by atoms with van der Waals surface area (Å²) in [5.74, 6) is 2.19. The van der Waals surface area contributed by atoms with Gasteiger partial charge < -0.3 is 19.4 Å². The van der Waals surface area contributed by atoms with Gasteiger partial charge in [0.05, 0.1) is 25.6 Å². The van der Waals surface area contributed by atoms with Gasteiger partial charge in [-0.3, -0.25) is 0 Å². The minimum Gasteiger partial charge on any atom is -0.504 e. The van der Waals surface area contributed by atoms with Gasteiger partial charge in [-0.15, -0.1) is 0 Å². The molecule has 2 heterocycles. The Hall–Kier alpha value is -1.26. The highest BCUT2D eigenvalue weighted by Crippen LogP contribution is 2.67. The molecular formula is C22H30NO3+. The third-order valence-corrected chi connectivity index (χ3v) is 8.78. The maximum Gasteiger partial charge on any atom is 0.165 e. The Morgan fingerprint density at radius 1 is 1.23 bits per heavy atom. The summed E-state index contributed by atoms with van der Waals surface area (Å²) in [6, 6.07) is 4.15. The van der Waals surface area contributed by atoms with Crippen molar-refractivity contribution in [2.75, 3.05) is 20.1 Å². The summed E-state index contributed by atoms with van der Waals surface area (Å²) < 4.78 is 7.45. The van der Waals surface area contributed by atoms with Crippen molar-refractivity contribution < 1.29 is 19.4 Å². The number of rotatable bonds is 2. The first-order valence-electron chi connectivity index (χ1n) is 10.5. The summed E-state index contributed by atoms with van der Waals surface area (Å²) in [5, 5.41) is 22.8. The van der Waals surface area contributed by atoms with Gasteiger partial charge in [-0.05, 0) is 43.2 Å². The molecule has 3 aliphatic carbocycles. The van der Waals surface area contributed by atoms with Crippen LogP contribution in [-0.2, 0) is 11.8 Å². The standard InChI is InChI=1S/C22H29NO3/c1-13-7-8-22(25)17-11-15-5-6-16(24)19-18(15)21(22,20(13)26-19)9-10-23(17,2)12-14-3-4-14/h5-6,13-14,17,20,25H,3-4,7-12H2,1-2H3/p+1/t13-,17+,20-,21-,22+,23?/m0/s1. The van der Waals surface area contributed by atoms with Crippen LogP contribution < -0.4 is 4.74 Å². The van der Waals surface area contributed by atoms with E-state index in [9.17, 15) is 10.2 Å². The van der Waals surface area contributed by atoms with E-state index in [1.165, 1.54) is 24.9 Å². The number of hydrogen-bond donors (Lipinski definition) is 2. The zero-order valence-corrected chi connectivity index (χ0v) is 15.9. The van der Waals surface area contributed by atoms with Crippen LogP contribution in [0.5, 0.6) is 11.5 Å². The van der Waals surface area contributed by atoms with Crippen LogP contribution in [0.15, 0.2) is 12.1 Å². The first kappa shape index (κ1) is 15.8. The molecule has 1 aromatic carbocycles. The smallest absolute Gasteiger partial charge is 0.165 e. The molecule has 0 amide bonds. The van der Waals surface area contributed by atoms with Crippen LogP contribution >= 0.6 is 0 Å². The minimum atomic E-state index is -0.710. The number of phenolic OH excluding ortho intramolecular Hbond substituents is 1. The number of aromatic hydroxyl groups is 1. The topological polar surface area (TPSA) is 49.7 Å². The monoisotopic (exact) mass is 356 g/mol. The molecule has 1 spiro atoms. The predicted molar refractivity (Wildman–Crippen MR) is 98.3 cm³/mol. The van der Waals surface area contributed by atoms with Gasteiger partial charge in [0.15, 0.2) is 11.5 Å². The maximum absolute atomic E-state index is 12.3. The zero-order chi connectivity index (χ0) is 17.9. The van der Waals surface area contributed by atoms with Crippen molar-refractivity contribution in [1.82, 2.24) is 0 Å². The van der Waals surface area contributed by atoms with Gasteiger partial charge in [-0.1, -0.05) is 13.0 Å². The lowest BCUT2D eigenvalue weighted by atomic mass is 9.47. The van der Waals surface area contributed by atoms with Crippen molar-refractivity contribution in [2.45, 2.75) is 68.6 Å². The number of piperidine rings is 1. The largest absolute Gasteiger partial charge is 0.504 e. The van der Waals surface area contributed by atoms with E-state index in [2.05, 4.69) is 20.0 Å². The highest BCUT2D eigenvalue weighted by atomic mass is 16.5. The Morgan fingerprint density at radius 3 is 2.81 bits per heavy atom. The molecule has 2 N–H and O–H groups in total. The fourth-order valence-corrected chi connectivity index (χ4v) is 7.40. The maximum atomic E-state index is 12.3. The van der Waals surface area contributed by atoms with Crippen LogP contribution in [0.25, 0.3) is 0 Å². The van der Waals surface area contributed by atoms with Crippen LogP contribution in [0.4, 0.5) is 0 Å². The van der Waals surface area contributed by atoms with Crippen molar-refractivity contribution >= 4 is 0 Å². The molecular weight excluding hydrogens is 326 g/mol. The molecule has 4 heteroatoms. The molecule has 5 aliphatic rings. The number of benzene rings is 1. The first-order valence-corrected chi connectivity index (χ1v) is 10.5. The second kappa shape index (κ2) is 4.59. The Morgan fingerprint density at radius 2 is 2.04 bits per heavy atom. The number of quaternary nitrogens is 1. The predicted octanol–water partition coefficient (Wildman–Crippen LogP) is 2.74. The molecule has 0 radical (unpaired) electrons. The van der Waals surface area contributed by atoms with Gasteiger partial charge in [0.2, 0.25) is 0 Å². The second-order valence-corrected chi connectivity index (χ2v) is 10.2. The van der Waals surface area contributed by atoms with Crippen molar-refractivity contribution in [2.24, 2.45) is 11.8 Å². The van der Waals surface area contributed by atoms with Crippen molar-refractivity contribution in [3.63, 3.8) is 0 Å². The molecule has 0 aromatic heterocycles. The van der Waals surface area contributed by atoms with E-state index < -0.39 is 5.60 Å². The molecule has 6 rings (SSSR count). The highest BCUT2D eigenvalue weighted by molar-refractivity contribution is 5.62. The van der Waals surface area contributed by atoms with E-state index in [0.717, 1.165) is 48.2 Å². The van der Waals surface area contributed by atoms with Gasteiger partial charge in [0.1, 0.15) is 17.7 Å². The molecule has 2 saturated carbocycles. The summed E-state index contributed by atoms with van der Waals surface area (Å²) in [5.41, 5.74) is 1.44. The van der Waals surface area contributed by atoms with Crippen LogP contribution in [0, 0.1) is 11.8 Å². The molecule has 1 unspecified atom stereocenters. The number of nitrogens with zero attached hydrogens (tertiary/aromatic N) is 1. The van der Waals surface area contributed by atoms with Crippen molar-refractivity contribution in [3.05, 3.63) is 23.3 Å². The van der Waals surface area contributed by atoms with Crippen LogP contribution in [0.3, 0.4) is 0 Å². The molecule has 3 fully saturated rings. The van der Waals surface area contributed by atoms with E-state index in [1.807, 2.05) is 0 Å². The van der Waals surface area contributed by atoms with Gasteiger partial charge in [-0.2, -0.15) is 0 Å². The molecule has 1 saturated heterocycles. The molecule has 1 aromatic rings. The van der Waals surface area contributed by atoms with Crippen LogP contribution in [0.2, 0.25) is 0 Å². The first-order chi connectivity index (χ1) is 12.4. The number of likely N-dealkylation sites (N-methyl/N-ethyl adjacent to an activating group) is 1. The van der Waals surface area contributed by atoms with Crippen molar-refractivity contribution in [1.29, 1.82) is 0 Å². The molecule has 2 bridgehead atoms. The Kier molecular flexibility index (Phi) is 2.78. The fourth-order valence-electron chi connectivity index (χ4n) is 7.40. The quantitative estimate of drug-likeness (QED) is 0.801. The summed E-state index contributed by atoms with van der Waals surface area (Å²) >= 11 is 0. The SMILES string of the molecule is C[C@H]1CC[C@@]2(O)[C@H]3Cc4ccc(O)c5c4[C@@]2(CC[N+]3(C)CC2CC2)[C@H]1O5. The third kappa shape index (κ3) is 1.61. The van der Waals surface area contributed by atoms with E-state index in [4.69, 9.17) is 4.74 Å². The lowest BCUT2D eigenvalue weighted by molar-refractivity contribution is -0.950. The second-order valence-electron chi connectivity index (χ2n) is 10.2. The summed E-state index contributed by atoms with van der Waals surface area (Å²) in [7, 11) is 2.39. The molecule has 2 aliphatic heterocycles. The van der Waals surface area contributed by atoms with Crippen LogP contribution in [-0.4, -0.2) is 52.6 Å². The molecule has 26 heavy (non-hydrogen) atoms. The molecule has 6 atom stereocenters.